The molecule has 0 aliphatic rings. The first-order valence-corrected chi connectivity index (χ1v) is 4.69. The Bertz CT molecular complexity index is 416. The van der Waals surface area contributed by atoms with Crippen molar-refractivity contribution < 1.29 is 23.8 Å². The van der Waals surface area contributed by atoms with Gasteiger partial charge < -0.3 is 10.2 Å². The molecule has 0 fully saturated rings. The van der Waals surface area contributed by atoms with Crippen LogP contribution < -0.4 is 0 Å². The molecule has 1 aromatic carbocycles. The minimum atomic E-state index is -2.82. The first-order chi connectivity index (χ1) is 7.34. The molecule has 16 heavy (non-hydrogen) atoms. The molecule has 0 aliphatic heterocycles. The highest BCUT2D eigenvalue weighted by atomic mass is 19.3. The largest absolute Gasteiger partial charge is 0.507 e. The maximum atomic E-state index is 12.5. The van der Waals surface area contributed by atoms with Gasteiger partial charge in [-0.3, -0.25) is 4.79 Å². The first kappa shape index (κ1) is 12.4. The Labute approximate surface area is 91.3 Å². The summed E-state index contributed by atoms with van der Waals surface area (Å²) in [5.74, 6) is -2.81. The van der Waals surface area contributed by atoms with Crippen molar-refractivity contribution in [2.24, 2.45) is 0 Å². The molecule has 0 spiro atoms. The van der Waals surface area contributed by atoms with E-state index < -0.39 is 29.6 Å². The molecule has 88 valence electrons. The van der Waals surface area contributed by atoms with E-state index in [1.807, 2.05) is 0 Å². The number of hydrogen-bond acceptors (Lipinski definition) is 2. The number of phenols is 1. The van der Waals surface area contributed by atoms with Crippen molar-refractivity contribution in [1.29, 1.82) is 0 Å². The molecule has 1 rings (SSSR count). The summed E-state index contributed by atoms with van der Waals surface area (Å²) >= 11 is 0. The summed E-state index contributed by atoms with van der Waals surface area (Å²) in [6.45, 7) is 2.91. The van der Waals surface area contributed by atoms with Gasteiger partial charge in [0, 0.05) is 5.56 Å². The van der Waals surface area contributed by atoms with Crippen LogP contribution in [0.5, 0.6) is 5.75 Å². The van der Waals surface area contributed by atoms with Crippen molar-refractivity contribution in [3.8, 4) is 5.75 Å². The highest BCUT2D eigenvalue weighted by Crippen LogP contribution is 2.36. The summed E-state index contributed by atoms with van der Waals surface area (Å²) in [5, 5.41) is 18.3. The van der Waals surface area contributed by atoms with E-state index >= 15 is 0 Å². The van der Waals surface area contributed by atoms with E-state index in [1.165, 1.54) is 13.0 Å². The number of carboxylic acids is 1. The van der Waals surface area contributed by atoms with Crippen LogP contribution in [0.1, 0.15) is 36.0 Å². The Morgan fingerprint density at radius 1 is 1.31 bits per heavy atom. The number of benzene rings is 1. The topological polar surface area (TPSA) is 57.5 Å². The van der Waals surface area contributed by atoms with Crippen LogP contribution in [-0.4, -0.2) is 16.2 Å². The second kappa shape index (κ2) is 4.47. The molecular formula is C11H12F2O3. The molecule has 0 bridgehead atoms. The fourth-order valence-electron chi connectivity index (χ4n) is 1.47. The van der Waals surface area contributed by atoms with Crippen LogP contribution in [0.15, 0.2) is 12.1 Å². The third kappa shape index (κ3) is 2.29. The summed E-state index contributed by atoms with van der Waals surface area (Å²) in [5.41, 5.74) is -0.0119. The average Bonchev–Trinajstić information content (AvgIpc) is 2.19. The predicted molar refractivity (Wildman–Crippen MR) is 53.9 cm³/mol. The van der Waals surface area contributed by atoms with Crippen LogP contribution in [0.25, 0.3) is 0 Å². The van der Waals surface area contributed by atoms with Gasteiger partial charge in [0.2, 0.25) is 0 Å². The summed E-state index contributed by atoms with van der Waals surface area (Å²) in [7, 11) is 0. The number of aliphatic carboxylic acids is 1. The lowest BCUT2D eigenvalue weighted by molar-refractivity contribution is -0.138. The minimum Gasteiger partial charge on any atom is -0.507 e. The molecule has 5 heteroatoms. The van der Waals surface area contributed by atoms with E-state index in [9.17, 15) is 18.7 Å². The van der Waals surface area contributed by atoms with E-state index in [0.717, 1.165) is 6.07 Å². The van der Waals surface area contributed by atoms with Crippen molar-refractivity contribution in [2.45, 2.75) is 26.2 Å². The smallest absolute Gasteiger partial charge is 0.310 e. The first-order valence-electron chi connectivity index (χ1n) is 4.69. The van der Waals surface area contributed by atoms with Crippen molar-refractivity contribution in [3.63, 3.8) is 0 Å². The van der Waals surface area contributed by atoms with Crippen LogP contribution in [0, 0.1) is 6.92 Å². The zero-order chi connectivity index (χ0) is 12.5. The monoisotopic (exact) mass is 230 g/mol. The van der Waals surface area contributed by atoms with E-state index in [0.29, 0.717) is 5.56 Å². The number of halogens is 2. The van der Waals surface area contributed by atoms with Gasteiger partial charge in [0.25, 0.3) is 6.43 Å². The van der Waals surface area contributed by atoms with Gasteiger partial charge in [-0.1, -0.05) is 11.6 Å². The molecular weight excluding hydrogens is 218 g/mol. The van der Waals surface area contributed by atoms with E-state index in [-0.39, 0.29) is 5.56 Å². The zero-order valence-corrected chi connectivity index (χ0v) is 8.87. The Morgan fingerprint density at radius 2 is 1.81 bits per heavy atom. The number of hydrogen-bond donors (Lipinski definition) is 2. The fraction of sp³-hybridized carbons (Fsp3) is 0.364. The summed E-state index contributed by atoms with van der Waals surface area (Å²) < 4.78 is 25.1. The number of aryl methyl sites for hydroxylation is 1. The van der Waals surface area contributed by atoms with Gasteiger partial charge in [-0.05, 0) is 19.9 Å². The van der Waals surface area contributed by atoms with Crippen LogP contribution >= 0.6 is 0 Å². The lowest BCUT2D eigenvalue weighted by Crippen LogP contribution is -2.08. The van der Waals surface area contributed by atoms with Gasteiger partial charge in [-0.2, -0.15) is 0 Å². The van der Waals surface area contributed by atoms with Crippen molar-refractivity contribution >= 4 is 5.97 Å². The molecule has 2 N–H and O–H groups in total. The number of rotatable bonds is 3. The highest BCUT2D eigenvalue weighted by Gasteiger charge is 2.23. The second-order valence-electron chi connectivity index (χ2n) is 3.65. The molecule has 1 aromatic rings. The van der Waals surface area contributed by atoms with Gasteiger partial charge in [-0.15, -0.1) is 0 Å². The highest BCUT2D eigenvalue weighted by molar-refractivity contribution is 5.77. The maximum absolute atomic E-state index is 12.5. The lowest BCUT2D eigenvalue weighted by atomic mass is 9.95. The summed E-state index contributed by atoms with van der Waals surface area (Å²) in [6, 6.07) is 2.55. The molecule has 0 heterocycles. The normalized spacial score (nSPS) is 12.8. The fourth-order valence-corrected chi connectivity index (χ4v) is 1.47. The summed E-state index contributed by atoms with van der Waals surface area (Å²) in [6.07, 6.45) is -2.82. The zero-order valence-electron chi connectivity index (χ0n) is 8.87. The summed E-state index contributed by atoms with van der Waals surface area (Å²) in [4.78, 5) is 10.7. The third-order valence-corrected chi connectivity index (χ3v) is 2.39. The number of aromatic hydroxyl groups is 1. The van der Waals surface area contributed by atoms with Gasteiger partial charge >= 0.3 is 5.97 Å². The molecule has 0 saturated heterocycles. The number of phenolic OH excluding ortho intramolecular Hbond substituents is 1. The maximum Gasteiger partial charge on any atom is 0.310 e. The van der Waals surface area contributed by atoms with Crippen molar-refractivity contribution in [2.75, 3.05) is 0 Å². The number of alkyl halides is 2. The molecule has 0 saturated carbocycles. The van der Waals surface area contributed by atoms with Crippen LogP contribution in [-0.2, 0) is 4.79 Å². The molecule has 1 atom stereocenters. The van der Waals surface area contributed by atoms with Crippen molar-refractivity contribution in [1.82, 2.24) is 0 Å². The van der Waals surface area contributed by atoms with Crippen LogP contribution in [0.4, 0.5) is 8.78 Å². The van der Waals surface area contributed by atoms with Gasteiger partial charge in [0.1, 0.15) is 5.75 Å². The molecule has 0 aromatic heterocycles. The third-order valence-electron chi connectivity index (χ3n) is 2.39. The molecule has 0 aliphatic carbocycles. The minimum absolute atomic E-state index is 0.0165. The lowest BCUT2D eigenvalue weighted by Gasteiger charge is -2.13. The standard InChI is InChI=1S/C11H12F2O3/c1-5-3-7(6(2)11(15)16)9(14)8(4-5)10(12)13/h3-4,6,10,14H,1-2H3,(H,15,16). The molecule has 3 nitrogen and oxygen atoms in total. The quantitative estimate of drug-likeness (QED) is 0.839. The molecule has 0 amide bonds. The predicted octanol–water partition coefficient (Wildman–Crippen LogP) is 2.83. The Morgan fingerprint density at radius 3 is 2.25 bits per heavy atom. The van der Waals surface area contributed by atoms with E-state index in [4.69, 9.17) is 5.11 Å². The van der Waals surface area contributed by atoms with Gasteiger partial charge in [0.05, 0.1) is 11.5 Å². The Kier molecular flexibility index (Phi) is 3.47. The number of carboxylic acid groups (broad SMARTS) is 1. The van der Waals surface area contributed by atoms with E-state index in [1.54, 1.807) is 6.92 Å². The van der Waals surface area contributed by atoms with Crippen LogP contribution in [0.3, 0.4) is 0 Å². The average molecular weight is 230 g/mol. The second-order valence-corrected chi connectivity index (χ2v) is 3.65. The van der Waals surface area contributed by atoms with Crippen LogP contribution in [0.2, 0.25) is 0 Å². The van der Waals surface area contributed by atoms with Gasteiger partial charge in [-0.25, -0.2) is 8.78 Å². The Balaban J connectivity index is 3.35. The molecule has 0 radical (unpaired) electrons. The number of carbonyl (C=O) groups is 1. The van der Waals surface area contributed by atoms with Gasteiger partial charge in [0.15, 0.2) is 0 Å². The van der Waals surface area contributed by atoms with Crippen molar-refractivity contribution in [3.05, 3.63) is 28.8 Å². The SMILES string of the molecule is Cc1cc(C(F)F)c(O)c(C(C)C(=O)O)c1. The Hall–Kier alpha value is -1.65. The molecule has 1 unspecified atom stereocenters. The van der Waals surface area contributed by atoms with E-state index in [2.05, 4.69) is 0 Å².